The van der Waals surface area contributed by atoms with E-state index in [1.54, 1.807) is 27.7 Å². The van der Waals surface area contributed by atoms with Gasteiger partial charge in [0.05, 0.1) is 6.10 Å². The molecule has 4 nitrogen and oxygen atoms in total. The first-order valence-corrected chi connectivity index (χ1v) is 5.07. The summed E-state index contributed by atoms with van der Waals surface area (Å²) in [5, 5.41) is 0. The monoisotopic (exact) mass is 213 g/mol. The van der Waals surface area contributed by atoms with Gasteiger partial charge >= 0.3 is 5.97 Å². The van der Waals surface area contributed by atoms with Crippen LogP contribution < -0.4 is 0 Å². The fourth-order valence-corrected chi connectivity index (χ4v) is 1.20. The van der Waals surface area contributed by atoms with Gasteiger partial charge in [0.15, 0.2) is 0 Å². The molecule has 0 radical (unpaired) electrons. The van der Waals surface area contributed by atoms with Crippen molar-refractivity contribution >= 4 is 11.9 Å². The molecule has 1 unspecified atom stereocenters. The van der Waals surface area contributed by atoms with Crippen LogP contribution in [-0.2, 0) is 14.3 Å². The number of nitrogens with zero attached hydrogens (tertiary/aromatic N) is 1. The van der Waals surface area contributed by atoms with Gasteiger partial charge in [-0.3, -0.25) is 4.79 Å². The average molecular weight is 213 g/mol. The third-order valence-corrected chi connectivity index (χ3v) is 1.96. The van der Waals surface area contributed by atoms with E-state index >= 15 is 0 Å². The summed E-state index contributed by atoms with van der Waals surface area (Å²) >= 11 is 0. The van der Waals surface area contributed by atoms with Crippen molar-refractivity contribution in [2.75, 3.05) is 6.54 Å². The first-order chi connectivity index (χ1) is 6.93. The molecule has 0 bridgehead atoms. The molecule has 0 aromatic carbocycles. The van der Waals surface area contributed by atoms with Gasteiger partial charge in [0.25, 0.3) is 0 Å². The number of amides is 1. The Balaban J connectivity index is 4.50. The number of hydrogen-bond donors (Lipinski definition) is 0. The van der Waals surface area contributed by atoms with Gasteiger partial charge in [-0.05, 0) is 33.8 Å². The maximum absolute atomic E-state index is 11.5. The molecular weight excluding hydrogens is 194 g/mol. The number of carbonyl (C=O) groups is 2. The van der Waals surface area contributed by atoms with Gasteiger partial charge in [-0.15, -0.1) is 0 Å². The second kappa shape index (κ2) is 6.22. The zero-order valence-electron chi connectivity index (χ0n) is 9.82. The SMILES string of the molecule is C=CC(=O)N(CC)C(C)C(=O)OC(C)C. The summed E-state index contributed by atoms with van der Waals surface area (Å²) in [4.78, 5) is 24.3. The van der Waals surface area contributed by atoms with Crippen molar-refractivity contribution in [3.05, 3.63) is 12.7 Å². The lowest BCUT2D eigenvalue weighted by Crippen LogP contribution is -2.43. The highest BCUT2D eigenvalue weighted by Crippen LogP contribution is 2.04. The third kappa shape index (κ3) is 4.14. The van der Waals surface area contributed by atoms with E-state index in [2.05, 4.69) is 6.58 Å². The van der Waals surface area contributed by atoms with Crippen LogP contribution in [0.25, 0.3) is 0 Å². The first kappa shape index (κ1) is 13.7. The molecule has 0 aliphatic heterocycles. The Morgan fingerprint density at radius 3 is 2.27 bits per heavy atom. The minimum absolute atomic E-state index is 0.169. The van der Waals surface area contributed by atoms with Gasteiger partial charge < -0.3 is 9.64 Å². The average Bonchev–Trinajstić information content (AvgIpc) is 2.17. The number of likely N-dealkylation sites (N-methyl/N-ethyl adjacent to an activating group) is 1. The number of rotatable bonds is 5. The number of hydrogen-bond acceptors (Lipinski definition) is 3. The van der Waals surface area contributed by atoms with Crippen LogP contribution in [0.15, 0.2) is 12.7 Å². The molecule has 0 fully saturated rings. The molecule has 0 heterocycles. The van der Waals surface area contributed by atoms with E-state index in [0.717, 1.165) is 0 Å². The van der Waals surface area contributed by atoms with Crippen molar-refractivity contribution in [2.24, 2.45) is 0 Å². The quantitative estimate of drug-likeness (QED) is 0.511. The van der Waals surface area contributed by atoms with Gasteiger partial charge in [0.1, 0.15) is 6.04 Å². The van der Waals surface area contributed by atoms with Gasteiger partial charge in [-0.1, -0.05) is 6.58 Å². The molecule has 0 aromatic rings. The minimum atomic E-state index is -0.567. The summed E-state index contributed by atoms with van der Waals surface area (Å²) in [6, 6.07) is -0.567. The molecule has 0 aromatic heterocycles. The molecule has 4 heteroatoms. The lowest BCUT2D eigenvalue weighted by atomic mass is 10.2. The summed E-state index contributed by atoms with van der Waals surface area (Å²) in [5.74, 6) is -0.646. The van der Waals surface area contributed by atoms with E-state index in [9.17, 15) is 9.59 Å². The molecule has 1 atom stereocenters. The predicted molar refractivity (Wildman–Crippen MR) is 58.3 cm³/mol. The summed E-state index contributed by atoms with van der Waals surface area (Å²) in [6.07, 6.45) is 1.03. The van der Waals surface area contributed by atoms with Crippen LogP contribution in [0.1, 0.15) is 27.7 Å². The molecule has 1 amide bonds. The van der Waals surface area contributed by atoms with Crippen LogP contribution in [-0.4, -0.2) is 35.5 Å². The molecule has 0 saturated heterocycles. The highest BCUT2D eigenvalue weighted by Gasteiger charge is 2.24. The molecule has 0 spiro atoms. The topological polar surface area (TPSA) is 46.6 Å². The van der Waals surface area contributed by atoms with Crippen molar-refractivity contribution in [3.63, 3.8) is 0 Å². The second-order valence-electron chi connectivity index (χ2n) is 3.49. The largest absolute Gasteiger partial charge is 0.461 e. The van der Waals surface area contributed by atoms with Gasteiger partial charge in [0, 0.05) is 6.54 Å². The fourth-order valence-electron chi connectivity index (χ4n) is 1.20. The zero-order valence-corrected chi connectivity index (χ0v) is 9.82. The molecule has 0 aliphatic carbocycles. The highest BCUT2D eigenvalue weighted by atomic mass is 16.5. The van der Waals surface area contributed by atoms with E-state index in [1.807, 2.05) is 0 Å². The predicted octanol–water partition coefficient (Wildman–Crippen LogP) is 1.36. The molecule has 15 heavy (non-hydrogen) atoms. The number of ether oxygens (including phenoxy) is 1. The Labute approximate surface area is 90.9 Å². The fraction of sp³-hybridized carbons (Fsp3) is 0.636. The molecule has 0 saturated carbocycles. The summed E-state index contributed by atoms with van der Waals surface area (Å²) < 4.78 is 5.02. The lowest BCUT2D eigenvalue weighted by molar-refractivity contribution is -0.156. The minimum Gasteiger partial charge on any atom is -0.461 e. The zero-order chi connectivity index (χ0) is 12.0. The normalized spacial score (nSPS) is 12.1. The van der Waals surface area contributed by atoms with E-state index in [0.29, 0.717) is 6.54 Å². The molecule has 86 valence electrons. The highest BCUT2D eigenvalue weighted by molar-refractivity contribution is 5.91. The maximum atomic E-state index is 11.5. The smallest absolute Gasteiger partial charge is 0.328 e. The summed E-state index contributed by atoms with van der Waals surface area (Å²) in [6.45, 7) is 10.8. The Hall–Kier alpha value is -1.32. The second-order valence-corrected chi connectivity index (χ2v) is 3.49. The van der Waals surface area contributed by atoms with Gasteiger partial charge in [0.2, 0.25) is 5.91 Å². The van der Waals surface area contributed by atoms with Crippen molar-refractivity contribution in [1.82, 2.24) is 4.90 Å². The third-order valence-electron chi connectivity index (χ3n) is 1.96. The number of esters is 1. The van der Waals surface area contributed by atoms with Crippen molar-refractivity contribution < 1.29 is 14.3 Å². The summed E-state index contributed by atoms with van der Waals surface area (Å²) in [5.41, 5.74) is 0. The van der Waals surface area contributed by atoms with E-state index in [1.165, 1.54) is 11.0 Å². The van der Waals surface area contributed by atoms with Gasteiger partial charge in [-0.2, -0.15) is 0 Å². The van der Waals surface area contributed by atoms with Crippen LogP contribution in [0.5, 0.6) is 0 Å². The first-order valence-electron chi connectivity index (χ1n) is 5.07. The van der Waals surface area contributed by atoms with Crippen molar-refractivity contribution in [3.8, 4) is 0 Å². The van der Waals surface area contributed by atoms with Crippen LogP contribution >= 0.6 is 0 Å². The standard InChI is InChI=1S/C11H19NO3/c1-6-10(13)12(7-2)9(5)11(14)15-8(3)4/h6,8-9H,1,7H2,2-5H3. The summed E-state index contributed by atoms with van der Waals surface area (Å²) in [7, 11) is 0. The number of carbonyl (C=O) groups excluding carboxylic acids is 2. The molecule has 0 N–H and O–H groups in total. The van der Waals surface area contributed by atoms with E-state index < -0.39 is 6.04 Å². The molecule has 0 rings (SSSR count). The van der Waals surface area contributed by atoms with Crippen LogP contribution in [0, 0.1) is 0 Å². The van der Waals surface area contributed by atoms with Crippen molar-refractivity contribution in [1.29, 1.82) is 0 Å². The Morgan fingerprint density at radius 1 is 1.40 bits per heavy atom. The Morgan fingerprint density at radius 2 is 1.93 bits per heavy atom. The van der Waals surface area contributed by atoms with E-state index in [4.69, 9.17) is 4.74 Å². The molecular formula is C11H19NO3. The maximum Gasteiger partial charge on any atom is 0.328 e. The Bertz CT molecular complexity index is 248. The Kier molecular flexibility index (Phi) is 5.67. The van der Waals surface area contributed by atoms with Crippen molar-refractivity contribution in [2.45, 2.75) is 39.8 Å². The van der Waals surface area contributed by atoms with E-state index in [-0.39, 0.29) is 18.0 Å². The van der Waals surface area contributed by atoms with Crippen LogP contribution in [0.4, 0.5) is 0 Å². The molecule has 0 aliphatic rings. The van der Waals surface area contributed by atoms with Crippen LogP contribution in [0.2, 0.25) is 0 Å². The van der Waals surface area contributed by atoms with Gasteiger partial charge in [-0.25, -0.2) is 4.79 Å². The lowest BCUT2D eigenvalue weighted by Gasteiger charge is -2.25. The van der Waals surface area contributed by atoms with Crippen LogP contribution in [0.3, 0.4) is 0 Å².